The molecule has 1 heterocycles. The number of hydrogen-bond acceptors (Lipinski definition) is 4. The van der Waals surface area contributed by atoms with Crippen molar-refractivity contribution in [3.8, 4) is 22.8 Å². The fourth-order valence-corrected chi connectivity index (χ4v) is 2.10. The summed E-state index contributed by atoms with van der Waals surface area (Å²) in [4.78, 5) is 14.8. The summed E-state index contributed by atoms with van der Waals surface area (Å²) in [6, 6.07) is 14.7. The molecule has 0 saturated heterocycles. The van der Waals surface area contributed by atoms with Gasteiger partial charge in [0.05, 0.1) is 6.57 Å². The van der Waals surface area contributed by atoms with Gasteiger partial charge in [-0.3, -0.25) is 9.89 Å². The highest BCUT2D eigenvalue weighted by Crippen LogP contribution is 2.28. The van der Waals surface area contributed by atoms with Crippen LogP contribution in [0.25, 0.3) is 16.0 Å². The van der Waals surface area contributed by atoms with Crippen molar-refractivity contribution in [3.63, 3.8) is 0 Å². The maximum Gasteiger partial charge on any atom is 0.269 e. The fourth-order valence-electron chi connectivity index (χ4n) is 2.10. The molecule has 0 saturated carbocycles. The van der Waals surface area contributed by atoms with Crippen LogP contribution in [0, 0.1) is 6.57 Å². The van der Waals surface area contributed by atoms with Crippen molar-refractivity contribution in [3.05, 3.63) is 65.6 Å². The first-order chi connectivity index (χ1) is 11.2. The lowest BCUT2D eigenvalue weighted by Crippen LogP contribution is -1.96. The van der Waals surface area contributed by atoms with Gasteiger partial charge in [0.2, 0.25) is 0 Å². The molecule has 0 fully saturated rings. The van der Waals surface area contributed by atoms with Crippen molar-refractivity contribution >= 4 is 11.5 Å². The number of nitrogens with one attached hydrogen (secondary N) is 1. The van der Waals surface area contributed by atoms with E-state index >= 15 is 0 Å². The Morgan fingerprint density at radius 3 is 2.65 bits per heavy atom. The lowest BCUT2D eigenvalue weighted by atomic mass is 10.1. The van der Waals surface area contributed by atoms with Crippen molar-refractivity contribution < 1.29 is 9.53 Å². The van der Waals surface area contributed by atoms with Crippen LogP contribution in [-0.2, 0) is 0 Å². The van der Waals surface area contributed by atoms with Crippen molar-refractivity contribution in [2.75, 3.05) is 0 Å². The van der Waals surface area contributed by atoms with Crippen LogP contribution < -0.4 is 4.74 Å². The second-order valence-corrected chi connectivity index (χ2v) is 4.84. The van der Waals surface area contributed by atoms with E-state index in [-0.39, 0.29) is 17.4 Å². The molecule has 23 heavy (non-hydrogen) atoms. The molecule has 3 aromatic rings. The molecule has 0 aliphatic rings. The van der Waals surface area contributed by atoms with Gasteiger partial charge in [-0.25, -0.2) is 4.85 Å². The predicted octanol–water partition coefficient (Wildman–Crippen LogP) is 4.02. The second kappa shape index (κ2) is 6.12. The molecule has 6 nitrogen and oxygen atoms in total. The second-order valence-electron chi connectivity index (χ2n) is 4.84. The topological polar surface area (TPSA) is 72.2 Å². The lowest BCUT2D eigenvalue weighted by Gasteiger charge is -2.06. The Kier molecular flexibility index (Phi) is 3.85. The zero-order valence-electron chi connectivity index (χ0n) is 12.3. The van der Waals surface area contributed by atoms with Gasteiger partial charge in [-0.15, -0.1) is 0 Å². The fraction of sp³-hybridized carbons (Fsp3) is 0.0588. The molecule has 0 radical (unpaired) electrons. The number of aromatic nitrogens is 3. The summed E-state index contributed by atoms with van der Waals surface area (Å²) in [5.41, 5.74) is 2.73. The van der Waals surface area contributed by atoms with Crippen LogP contribution in [-0.4, -0.2) is 21.2 Å². The van der Waals surface area contributed by atoms with Gasteiger partial charge in [0.25, 0.3) is 5.88 Å². The number of Topliss-reactive ketones (excluding diaryl/α,β-unsaturated/α-hetero) is 1. The summed E-state index contributed by atoms with van der Waals surface area (Å²) in [5.74, 6) is 0.502. The van der Waals surface area contributed by atoms with E-state index in [1.807, 2.05) is 30.3 Å². The van der Waals surface area contributed by atoms with Gasteiger partial charge in [-0.1, -0.05) is 46.7 Å². The Morgan fingerprint density at radius 2 is 1.96 bits per heavy atom. The summed E-state index contributed by atoms with van der Waals surface area (Å²) in [5, 5.41) is 9.89. The highest BCUT2D eigenvalue weighted by Gasteiger charge is 2.14. The van der Waals surface area contributed by atoms with Crippen LogP contribution in [0.3, 0.4) is 0 Å². The van der Waals surface area contributed by atoms with E-state index in [1.54, 1.807) is 18.2 Å². The maximum atomic E-state index is 11.5. The Balaban J connectivity index is 1.89. The first-order valence-electron chi connectivity index (χ1n) is 6.85. The van der Waals surface area contributed by atoms with E-state index < -0.39 is 0 Å². The highest BCUT2D eigenvalue weighted by molar-refractivity contribution is 5.94. The number of aromatic amines is 1. The molecule has 1 N–H and O–H groups in total. The predicted molar refractivity (Wildman–Crippen MR) is 84.6 cm³/mol. The molecular formula is C17H12N4O2. The molecule has 3 rings (SSSR count). The van der Waals surface area contributed by atoms with Crippen LogP contribution in [0.15, 0.2) is 48.5 Å². The normalized spacial score (nSPS) is 10.1. The van der Waals surface area contributed by atoms with Gasteiger partial charge < -0.3 is 4.74 Å². The van der Waals surface area contributed by atoms with Crippen molar-refractivity contribution in [1.82, 2.24) is 15.4 Å². The van der Waals surface area contributed by atoms with Crippen LogP contribution in [0.5, 0.6) is 11.6 Å². The molecule has 0 unspecified atom stereocenters. The summed E-state index contributed by atoms with van der Waals surface area (Å²) >= 11 is 0. The molecule has 0 aliphatic heterocycles. The number of benzene rings is 2. The first kappa shape index (κ1) is 14.5. The standard InChI is InChI=1S/C17H12N4O2/c1-11(22)16-17(20-21-19-16)23-15-5-3-4-13(10-15)12-6-8-14(18-2)9-7-12/h3-10H,1H3,(H,19,20,21). The van der Waals surface area contributed by atoms with E-state index in [2.05, 4.69) is 20.3 Å². The van der Waals surface area contributed by atoms with Crippen LogP contribution >= 0.6 is 0 Å². The lowest BCUT2D eigenvalue weighted by molar-refractivity contribution is 0.101. The van der Waals surface area contributed by atoms with Gasteiger partial charge in [-0.2, -0.15) is 0 Å². The number of rotatable bonds is 4. The Labute approximate surface area is 132 Å². The van der Waals surface area contributed by atoms with Crippen LogP contribution in [0.1, 0.15) is 17.4 Å². The molecule has 0 bridgehead atoms. The number of H-pyrrole nitrogens is 1. The number of ether oxygens (including phenoxy) is 1. The average molecular weight is 304 g/mol. The number of nitrogens with zero attached hydrogens (tertiary/aromatic N) is 3. The largest absolute Gasteiger partial charge is 0.436 e. The van der Waals surface area contributed by atoms with Crippen molar-refractivity contribution in [2.45, 2.75) is 6.92 Å². The van der Waals surface area contributed by atoms with Crippen molar-refractivity contribution in [2.24, 2.45) is 0 Å². The number of ketones is 1. The zero-order valence-corrected chi connectivity index (χ0v) is 12.3. The first-order valence-corrected chi connectivity index (χ1v) is 6.85. The molecular weight excluding hydrogens is 292 g/mol. The Morgan fingerprint density at radius 1 is 1.17 bits per heavy atom. The molecule has 0 atom stereocenters. The molecule has 6 heteroatoms. The van der Waals surface area contributed by atoms with Crippen LogP contribution in [0.4, 0.5) is 5.69 Å². The van der Waals surface area contributed by atoms with E-state index in [1.165, 1.54) is 6.92 Å². The van der Waals surface area contributed by atoms with Gasteiger partial charge in [0, 0.05) is 6.92 Å². The summed E-state index contributed by atoms with van der Waals surface area (Å²) in [6.45, 7) is 8.39. The molecule has 2 aromatic carbocycles. The quantitative estimate of drug-likeness (QED) is 0.583. The summed E-state index contributed by atoms with van der Waals surface area (Å²) in [7, 11) is 0. The van der Waals surface area contributed by atoms with E-state index in [9.17, 15) is 4.79 Å². The molecule has 0 spiro atoms. The number of hydrogen-bond donors (Lipinski definition) is 1. The molecule has 0 amide bonds. The van der Waals surface area contributed by atoms with E-state index in [4.69, 9.17) is 11.3 Å². The Hall–Kier alpha value is -3.46. The van der Waals surface area contributed by atoms with Crippen LogP contribution in [0.2, 0.25) is 0 Å². The average Bonchev–Trinajstić information content (AvgIpc) is 3.03. The molecule has 0 aliphatic carbocycles. The molecule has 112 valence electrons. The van der Waals surface area contributed by atoms with Gasteiger partial charge >= 0.3 is 0 Å². The summed E-state index contributed by atoms with van der Waals surface area (Å²) in [6.07, 6.45) is 0. The van der Waals surface area contributed by atoms with Gasteiger partial charge in [0.15, 0.2) is 17.2 Å². The summed E-state index contributed by atoms with van der Waals surface area (Å²) < 4.78 is 5.64. The van der Waals surface area contributed by atoms with Crippen molar-refractivity contribution in [1.29, 1.82) is 0 Å². The maximum absolute atomic E-state index is 11.5. The third-order valence-corrected chi connectivity index (χ3v) is 3.25. The third-order valence-electron chi connectivity index (χ3n) is 3.25. The zero-order chi connectivity index (χ0) is 16.2. The minimum absolute atomic E-state index is 0.151. The number of carbonyl (C=O) groups is 1. The molecule has 1 aromatic heterocycles. The number of carbonyl (C=O) groups excluding carboxylic acids is 1. The monoisotopic (exact) mass is 304 g/mol. The smallest absolute Gasteiger partial charge is 0.269 e. The van der Waals surface area contributed by atoms with Gasteiger partial charge in [0.1, 0.15) is 5.75 Å². The van der Waals surface area contributed by atoms with E-state index in [0.717, 1.165) is 11.1 Å². The highest BCUT2D eigenvalue weighted by atomic mass is 16.5. The Bertz CT molecular complexity index is 891. The van der Waals surface area contributed by atoms with Gasteiger partial charge in [-0.05, 0) is 23.3 Å². The minimum atomic E-state index is -0.198. The SMILES string of the molecule is [C-]#[N+]c1ccc(-c2cccc(Oc3nn[nH]c3C(C)=O)c2)cc1. The third kappa shape index (κ3) is 3.09. The van der Waals surface area contributed by atoms with E-state index in [0.29, 0.717) is 11.4 Å². The minimum Gasteiger partial charge on any atom is -0.436 e.